The highest BCUT2D eigenvalue weighted by molar-refractivity contribution is 5.68. The zero-order valence-corrected chi connectivity index (χ0v) is 13.1. The van der Waals surface area contributed by atoms with Crippen LogP contribution in [0.4, 0.5) is 10.5 Å². The second-order valence-electron chi connectivity index (χ2n) is 5.85. The molecule has 0 aromatic carbocycles. The molecule has 0 aliphatic rings. The summed E-state index contributed by atoms with van der Waals surface area (Å²) in [5.41, 5.74) is 5.62. The van der Waals surface area contributed by atoms with E-state index in [1.54, 1.807) is 44.5 Å². The molecule has 1 amide bonds. The average Bonchev–Trinajstić information content (AvgIpc) is 2.86. The van der Waals surface area contributed by atoms with E-state index in [-0.39, 0.29) is 0 Å². The predicted molar refractivity (Wildman–Crippen MR) is 81.4 cm³/mol. The maximum absolute atomic E-state index is 11.8. The maximum atomic E-state index is 11.8. The number of alkyl carbamates (subject to hydrolysis) is 1. The standard InChI is InChI=1S/C14H20N6O2/c1-9(19-13(21)22-14(2,3)4)12-17-8-18-20(12)11-6-5-10(15)7-16-11/h5-9H,15H2,1-4H3,(H,19,21)/t9-/m0/s1. The number of amides is 1. The molecule has 1 atom stereocenters. The largest absolute Gasteiger partial charge is 0.444 e. The molecule has 0 saturated carbocycles. The number of nitrogens with two attached hydrogens (primary N) is 1. The van der Waals surface area contributed by atoms with Gasteiger partial charge in [0.1, 0.15) is 11.9 Å². The Balaban J connectivity index is 2.15. The fraction of sp³-hybridized carbons (Fsp3) is 0.429. The molecule has 118 valence electrons. The minimum atomic E-state index is -0.560. The third-order valence-corrected chi connectivity index (χ3v) is 2.68. The predicted octanol–water partition coefficient (Wildman–Crippen LogP) is 1.83. The van der Waals surface area contributed by atoms with Crippen molar-refractivity contribution >= 4 is 11.8 Å². The van der Waals surface area contributed by atoms with E-state index >= 15 is 0 Å². The lowest BCUT2D eigenvalue weighted by molar-refractivity contribution is 0.0505. The Bertz CT molecular complexity index is 644. The third kappa shape index (κ3) is 3.94. The molecule has 0 aliphatic carbocycles. The molecule has 8 nitrogen and oxygen atoms in total. The Morgan fingerprint density at radius 3 is 2.68 bits per heavy atom. The quantitative estimate of drug-likeness (QED) is 0.895. The van der Waals surface area contributed by atoms with Gasteiger partial charge in [-0.1, -0.05) is 0 Å². The normalized spacial score (nSPS) is 12.7. The zero-order valence-electron chi connectivity index (χ0n) is 13.1. The summed E-state index contributed by atoms with van der Waals surface area (Å²) in [6, 6.07) is 3.06. The first-order valence-electron chi connectivity index (χ1n) is 6.87. The van der Waals surface area contributed by atoms with Crippen molar-refractivity contribution in [3.63, 3.8) is 0 Å². The van der Waals surface area contributed by atoms with Crippen LogP contribution in [0.15, 0.2) is 24.7 Å². The molecule has 8 heteroatoms. The molecule has 2 heterocycles. The van der Waals surface area contributed by atoms with Gasteiger partial charge in [0.15, 0.2) is 11.6 Å². The number of ether oxygens (including phenoxy) is 1. The van der Waals surface area contributed by atoms with Crippen LogP contribution in [0.1, 0.15) is 39.6 Å². The van der Waals surface area contributed by atoms with Gasteiger partial charge in [-0.15, -0.1) is 0 Å². The van der Waals surface area contributed by atoms with Gasteiger partial charge in [-0.05, 0) is 39.8 Å². The molecular formula is C14H20N6O2. The molecule has 0 aliphatic heterocycles. The van der Waals surface area contributed by atoms with E-state index in [0.717, 1.165) is 0 Å². The number of carbonyl (C=O) groups excluding carboxylic acids is 1. The number of nitrogens with zero attached hydrogens (tertiary/aromatic N) is 4. The summed E-state index contributed by atoms with van der Waals surface area (Å²) in [5, 5.41) is 6.85. The molecule has 0 unspecified atom stereocenters. The summed E-state index contributed by atoms with van der Waals surface area (Å²) >= 11 is 0. The molecule has 0 spiro atoms. The topological polar surface area (TPSA) is 108 Å². The van der Waals surface area contributed by atoms with E-state index in [4.69, 9.17) is 10.5 Å². The van der Waals surface area contributed by atoms with Crippen LogP contribution in [-0.4, -0.2) is 31.4 Å². The lowest BCUT2D eigenvalue weighted by Crippen LogP contribution is -2.35. The number of carbonyl (C=O) groups is 1. The SMILES string of the molecule is C[C@H](NC(=O)OC(C)(C)C)c1ncnn1-c1ccc(N)cn1. The highest BCUT2D eigenvalue weighted by Crippen LogP contribution is 2.15. The summed E-state index contributed by atoms with van der Waals surface area (Å²) < 4.78 is 6.77. The molecule has 0 bridgehead atoms. The van der Waals surface area contributed by atoms with Crippen molar-refractivity contribution in [1.82, 2.24) is 25.1 Å². The number of hydrogen-bond acceptors (Lipinski definition) is 6. The molecule has 3 N–H and O–H groups in total. The summed E-state index contributed by atoms with van der Waals surface area (Å²) in [6.45, 7) is 7.20. The molecule has 2 aromatic rings. The Kier molecular flexibility index (Phi) is 4.30. The van der Waals surface area contributed by atoms with Crippen LogP contribution in [0.5, 0.6) is 0 Å². The van der Waals surface area contributed by atoms with E-state index in [1.807, 2.05) is 0 Å². The van der Waals surface area contributed by atoms with E-state index < -0.39 is 17.7 Å². The van der Waals surface area contributed by atoms with Gasteiger partial charge in [0.05, 0.1) is 17.9 Å². The molecule has 0 saturated heterocycles. The van der Waals surface area contributed by atoms with Crippen LogP contribution < -0.4 is 11.1 Å². The fourth-order valence-electron chi connectivity index (χ4n) is 1.79. The minimum absolute atomic E-state index is 0.392. The number of hydrogen-bond donors (Lipinski definition) is 2. The smallest absolute Gasteiger partial charge is 0.408 e. The van der Waals surface area contributed by atoms with Crippen molar-refractivity contribution in [2.45, 2.75) is 39.3 Å². The van der Waals surface area contributed by atoms with Gasteiger partial charge in [-0.2, -0.15) is 9.78 Å². The summed E-state index contributed by atoms with van der Waals surface area (Å²) in [7, 11) is 0. The van der Waals surface area contributed by atoms with Gasteiger partial charge in [0.2, 0.25) is 0 Å². The van der Waals surface area contributed by atoms with Crippen LogP contribution in [0.3, 0.4) is 0 Å². The highest BCUT2D eigenvalue weighted by Gasteiger charge is 2.21. The summed E-state index contributed by atoms with van der Waals surface area (Å²) in [5.74, 6) is 1.11. The summed E-state index contributed by atoms with van der Waals surface area (Å²) in [4.78, 5) is 20.2. The third-order valence-electron chi connectivity index (χ3n) is 2.68. The second-order valence-corrected chi connectivity index (χ2v) is 5.85. The highest BCUT2D eigenvalue weighted by atomic mass is 16.6. The minimum Gasteiger partial charge on any atom is -0.444 e. The lowest BCUT2D eigenvalue weighted by Gasteiger charge is -2.21. The Morgan fingerprint density at radius 2 is 2.09 bits per heavy atom. The molecular weight excluding hydrogens is 284 g/mol. The van der Waals surface area contributed by atoms with Crippen LogP contribution >= 0.6 is 0 Å². The Labute approximate surface area is 128 Å². The molecule has 0 radical (unpaired) electrons. The van der Waals surface area contributed by atoms with E-state index in [9.17, 15) is 4.79 Å². The number of nitrogens with one attached hydrogen (secondary N) is 1. The Hall–Kier alpha value is -2.64. The zero-order chi connectivity index (χ0) is 16.3. The number of aromatic nitrogens is 4. The van der Waals surface area contributed by atoms with Crippen molar-refractivity contribution in [1.29, 1.82) is 0 Å². The average molecular weight is 304 g/mol. The number of nitrogen functional groups attached to an aromatic ring is 1. The van der Waals surface area contributed by atoms with Gasteiger partial charge >= 0.3 is 6.09 Å². The fourth-order valence-corrected chi connectivity index (χ4v) is 1.79. The number of rotatable bonds is 3. The van der Waals surface area contributed by atoms with Gasteiger partial charge in [0.25, 0.3) is 0 Å². The van der Waals surface area contributed by atoms with Crippen molar-refractivity contribution in [3.8, 4) is 5.82 Å². The van der Waals surface area contributed by atoms with Crippen molar-refractivity contribution < 1.29 is 9.53 Å². The second kappa shape index (κ2) is 6.00. The molecule has 0 fully saturated rings. The Morgan fingerprint density at radius 1 is 1.36 bits per heavy atom. The first-order valence-corrected chi connectivity index (χ1v) is 6.87. The molecule has 22 heavy (non-hydrogen) atoms. The van der Waals surface area contributed by atoms with Gasteiger partial charge in [0, 0.05) is 0 Å². The first kappa shape index (κ1) is 15.7. The van der Waals surface area contributed by atoms with Crippen LogP contribution in [0.2, 0.25) is 0 Å². The molecule has 2 aromatic heterocycles. The lowest BCUT2D eigenvalue weighted by atomic mass is 10.2. The van der Waals surface area contributed by atoms with E-state index in [0.29, 0.717) is 17.3 Å². The van der Waals surface area contributed by atoms with Crippen molar-refractivity contribution in [2.75, 3.05) is 5.73 Å². The van der Waals surface area contributed by atoms with Crippen molar-refractivity contribution in [3.05, 3.63) is 30.5 Å². The van der Waals surface area contributed by atoms with Crippen molar-refractivity contribution in [2.24, 2.45) is 0 Å². The number of pyridine rings is 1. The first-order chi connectivity index (χ1) is 10.3. The molecule has 2 rings (SSSR count). The van der Waals surface area contributed by atoms with E-state index in [2.05, 4.69) is 20.4 Å². The van der Waals surface area contributed by atoms with Crippen LogP contribution in [-0.2, 0) is 4.74 Å². The monoisotopic (exact) mass is 304 g/mol. The summed E-state index contributed by atoms with van der Waals surface area (Å²) in [6.07, 6.45) is 2.42. The maximum Gasteiger partial charge on any atom is 0.408 e. The van der Waals surface area contributed by atoms with Gasteiger partial charge < -0.3 is 15.8 Å². The van der Waals surface area contributed by atoms with Gasteiger partial charge in [-0.25, -0.2) is 14.8 Å². The van der Waals surface area contributed by atoms with Gasteiger partial charge in [-0.3, -0.25) is 0 Å². The number of anilines is 1. The van der Waals surface area contributed by atoms with Crippen LogP contribution in [0.25, 0.3) is 5.82 Å². The van der Waals surface area contributed by atoms with Crippen LogP contribution in [0, 0.1) is 0 Å². The van der Waals surface area contributed by atoms with E-state index in [1.165, 1.54) is 12.5 Å².